The maximum Gasteiger partial charge on any atom is 6.00 e. The van der Waals surface area contributed by atoms with E-state index in [-0.39, 0.29) is 150 Å². The first kappa shape index (κ1) is 193. The van der Waals surface area contributed by atoms with Gasteiger partial charge in [0.05, 0.1) is 0 Å². The second-order valence-corrected chi connectivity index (χ2v) is 0. The number of hydrogen-bond donors (Lipinski definition) is 0. The topological polar surface area (TPSA) is 0 Å². The summed E-state index contributed by atoms with van der Waals surface area (Å²) in [7, 11) is 0. The fourth-order valence-corrected chi connectivity index (χ4v) is 0. The Morgan fingerprint density at radius 2 is 0.273 bits per heavy atom. The first-order valence-electron chi connectivity index (χ1n) is 0. The molecule has 0 aliphatic heterocycles. The molecule has 0 aromatic carbocycles. The van der Waals surface area contributed by atoms with Gasteiger partial charge in [-0.15, -0.1) is 0 Å². The maximum absolute atomic E-state index is 0. The summed E-state index contributed by atoms with van der Waals surface area (Å²) in [6, 6.07) is 0. The molecule has 0 atom stereocenters. The summed E-state index contributed by atoms with van der Waals surface area (Å²) in [5.74, 6) is 0. The van der Waals surface area contributed by atoms with Crippen LogP contribution >= 0.6 is 0 Å². The molecular formula is AlCl9Mo. The van der Waals surface area contributed by atoms with Crippen molar-refractivity contribution in [2.24, 2.45) is 0 Å². The van der Waals surface area contributed by atoms with Crippen molar-refractivity contribution < 1.29 is 133 Å². The van der Waals surface area contributed by atoms with E-state index < -0.39 is 0 Å². The Morgan fingerprint density at radius 3 is 0.273 bits per heavy atom. The summed E-state index contributed by atoms with van der Waals surface area (Å²) in [6.45, 7) is 0. The van der Waals surface area contributed by atoms with Crippen LogP contribution in [-0.2, 0) is 21.1 Å². The zero-order valence-electron chi connectivity index (χ0n) is 4.39. The van der Waals surface area contributed by atoms with Crippen molar-refractivity contribution in [2.45, 2.75) is 0 Å². The van der Waals surface area contributed by atoms with Gasteiger partial charge < -0.3 is 112 Å². The van der Waals surface area contributed by atoms with Crippen molar-refractivity contribution in [1.29, 1.82) is 0 Å². The minimum atomic E-state index is 0. The molecular weight excluding hydrogens is 442 g/mol. The van der Waals surface area contributed by atoms with Crippen LogP contribution in [0.3, 0.4) is 0 Å². The molecule has 0 radical (unpaired) electrons. The standard InChI is InChI=1S/Al.9ClH.Mo/h;9*1H;/q+3;;;;;;;;;;+6/p-9. The van der Waals surface area contributed by atoms with Crippen LogP contribution < -0.4 is 112 Å². The summed E-state index contributed by atoms with van der Waals surface area (Å²) >= 11 is 0. The first-order valence-corrected chi connectivity index (χ1v) is 0. The molecule has 0 nitrogen and oxygen atoms in total. The van der Waals surface area contributed by atoms with Gasteiger partial charge in [0.1, 0.15) is 0 Å². The summed E-state index contributed by atoms with van der Waals surface area (Å²) in [5.41, 5.74) is 0. The Balaban J connectivity index is 0. The van der Waals surface area contributed by atoms with Gasteiger partial charge in [-0.2, -0.15) is 0 Å². The van der Waals surface area contributed by atoms with Gasteiger partial charge in [0.2, 0.25) is 0 Å². The first-order chi connectivity index (χ1) is 0. The van der Waals surface area contributed by atoms with Crippen LogP contribution in [0.1, 0.15) is 0 Å². The monoisotopic (exact) mass is 440 g/mol. The normalized spacial score (nSPS) is 0. The molecule has 0 aromatic rings. The number of halogens is 9. The molecule has 0 amide bonds. The van der Waals surface area contributed by atoms with Crippen molar-refractivity contribution in [3.05, 3.63) is 0 Å². The van der Waals surface area contributed by atoms with Gasteiger partial charge >= 0.3 is 38.4 Å². The average Bonchev–Trinajstić information content (AvgIpc) is 0. The molecule has 0 aromatic heterocycles. The predicted molar refractivity (Wildman–Crippen MR) is 5.75 cm³/mol. The zero-order chi connectivity index (χ0) is 0. The largest absolute Gasteiger partial charge is 6.00 e. The van der Waals surface area contributed by atoms with E-state index in [1.54, 1.807) is 0 Å². The molecule has 11 heteroatoms. The van der Waals surface area contributed by atoms with Crippen LogP contribution in [0.5, 0.6) is 0 Å². The van der Waals surface area contributed by atoms with Crippen LogP contribution in [0.15, 0.2) is 0 Å². The Kier molecular flexibility index (Phi) is 2730. The van der Waals surface area contributed by atoms with Crippen molar-refractivity contribution in [2.75, 3.05) is 0 Å². The van der Waals surface area contributed by atoms with E-state index in [4.69, 9.17) is 0 Å². The van der Waals surface area contributed by atoms with E-state index >= 15 is 0 Å². The smallest absolute Gasteiger partial charge is 1.00 e. The fraction of sp³-hybridized carbons (Fsp3) is 0. The maximum atomic E-state index is 0. The third kappa shape index (κ3) is 132. The molecule has 0 spiro atoms. The van der Waals surface area contributed by atoms with Gasteiger partial charge in [0, 0.05) is 0 Å². The number of rotatable bonds is 0. The van der Waals surface area contributed by atoms with Gasteiger partial charge in [-0.1, -0.05) is 0 Å². The molecule has 0 aliphatic carbocycles. The van der Waals surface area contributed by atoms with Gasteiger partial charge in [-0.25, -0.2) is 0 Å². The average molecular weight is 442 g/mol. The van der Waals surface area contributed by atoms with E-state index in [0.717, 1.165) is 0 Å². The van der Waals surface area contributed by atoms with Gasteiger partial charge in [0.15, 0.2) is 0 Å². The molecule has 0 fully saturated rings. The number of hydrogen-bond acceptors (Lipinski definition) is 0. The molecule has 0 rings (SSSR count). The second kappa shape index (κ2) is 155. The molecule has 0 saturated heterocycles. The molecule has 0 heterocycles. The van der Waals surface area contributed by atoms with E-state index in [1.165, 1.54) is 0 Å². The van der Waals surface area contributed by atoms with Crippen LogP contribution in [-0.4, -0.2) is 17.4 Å². The van der Waals surface area contributed by atoms with E-state index in [2.05, 4.69) is 0 Å². The molecule has 0 N–H and O–H groups in total. The third-order valence-corrected chi connectivity index (χ3v) is 0. The summed E-state index contributed by atoms with van der Waals surface area (Å²) in [4.78, 5) is 0. The minimum Gasteiger partial charge on any atom is -1.00 e. The van der Waals surface area contributed by atoms with Crippen molar-refractivity contribution >= 4 is 17.4 Å². The van der Waals surface area contributed by atoms with Crippen molar-refractivity contribution in [3.63, 3.8) is 0 Å². The Labute approximate surface area is 148 Å². The molecule has 0 saturated carbocycles. The molecule has 0 bridgehead atoms. The van der Waals surface area contributed by atoms with Crippen LogP contribution in [0.2, 0.25) is 0 Å². The van der Waals surface area contributed by atoms with Crippen LogP contribution in [0.25, 0.3) is 0 Å². The summed E-state index contributed by atoms with van der Waals surface area (Å²) < 4.78 is 0. The SMILES string of the molecule is [Al+3].[Cl-].[Cl-].[Cl-].[Cl-].[Cl-].[Cl-].[Cl-].[Cl-].[Cl-].[Mo+6]. The van der Waals surface area contributed by atoms with Gasteiger partial charge in [0.25, 0.3) is 0 Å². The van der Waals surface area contributed by atoms with Crippen molar-refractivity contribution in [1.82, 2.24) is 0 Å². The summed E-state index contributed by atoms with van der Waals surface area (Å²) in [5, 5.41) is 0. The Hall–Kier alpha value is 3.83. The summed E-state index contributed by atoms with van der Waals surface area (Å²) in [6.07, 6.45) is 0. The molecule has 72 valence electrons. The van der Waals surface area contributed by atoms with E-state index in [0.29, 0.717) is 0 Å². The Morgan fingerprint density at radius 1 is 0.273 bits per heavy atom. The molecule has 0 aliphatic rings. The Bertz CT molecular complexity index is 9.52. The molecule has 11 heavy (non-hydrogen) atoms. The zero-order valence-corrected chi connectivity index (χ0v) is 14.4. The second-order valence-electron chi connectivity index (χ2n) is 0. The van der Waals surface area contributed by atoms with Crippen molar-refractivity contribution in [3.8, 4) is 0 Å². The van der Waals surface area contributed by atoms with Crippen LogP contribution in [0.4, 0.5) is 0 Å². The van der Waals surface area contributed by atoms with Gasteiger partial charge in [-0.3, -0.25) is 0 Å². The molecule has 0 unspecified atom stereocenters. The van der Waals surface area contributed by atoms with Gasteiger partial charge in [-0.05, 0) is 0 Å². The predicted octanol–water partition coefficient (Wildman–Crippen LogP) is -27.3. The van der Waals surface area contributed by atoms with E-state index in [9.17, 15) is 0 Å². The van der Waals surface area contributed by atoms with Crippen LogP contribution in [0, 0.1) is 0 Å². The van der Waals surface area contributed by atoms with E-state index in [1.807, 2.05) is 0 Å². The third-order valence-electron chi connectivity index (χ3n) is 0. The quantitative estimate of drug-likeness (QED) is 0.328. The fourth-order valence-electron chi connectivity index (χ4n) is 0. The minimum absolute atomic E-state index is 0.